The summed E-state index contributed by atoms with van der Waals surface area (Å²) in [5.74, 6) is 1.94. The molecule has 0 saturated heterocycles. The van der Waals surface area contributed by atoms with E-state index in [4.69, 9.17) is 4.74 Å². The number of hydrogen-bond acceptors (Lipinski definition) is 4. The third-order valence-corrected chi connectivity index (χ3v) is 6.82. The lowest BCUT2D eigenvalue weighted by Gasteiger charge is -2.29. The number of benzene rings is 2. The van der Waals surface area contributed by atoms with E-state index in [0.717, 1.165) is 46.5 Å². The third-order valence-electron chi connectivity index (χ3n) is 6.82. The van der Waals surface area contributed by atoms with Crippen LogP contribution in [0.25, 0.3) is 22.0 Å². The molecule has 35 heavy (non-hydrogen) atoms. The van der Waals surface area contributed by atoms with Crippen molar-refractivity contribution >= 4 is 17.2 Å². The van der Waals surface area contributed by atoms with Gasteiger partial charge in [0.1, 0.15) is 11.6 Å². The van der Waals surface area contributed by atoms with Crippen molar-refractivity contribution in [3.05, 3.63) is 84.1 Å². The van der Waals surface area contributed by atoms with Crippen molar-refractivity contribution < 1.29 is 13.9 Å². The van der Waals surface area contributed by atoms with Gasteiger partial charge in [0.2, 0.25) is 0 Å². The molecule has 2 aromatic heterocycles. The largest absolute Gasteiger partial charge is 0.496 e. The van der Waals surface area contributed by atoms with Crippen molar-refractivity contribution in [2.24, 2.45) is 5.92 Å². The number of halogens is 1. The standard InChI is InChI=1S/C17H21FN2.C12H11NO2/c1-19-11-12-2-4-13(5-3-12)15-8-9-20-17-7-6-14(18)10-16(15)17;1-15-12-5-3-2-4-10(12)11-7-13-6-9(11)8-14/h6-10,12-13,19H,2-5,11H2,1H3;2-8,13H,1H3. The molecule has 2 aromatic carbocycles. The first kappa shape index (κ1) is 24.6. The van der Waals surface area contributed by atoms with Gasteiger partial charge in [0.25, 0.3) is 0 Å². The average Bonchev–Trinajstić information content (AvgIpc) is 3.38. The zero-order valence-corrected chi connectivity index (χ0v) is 20.3. The van der Waals surface area contributed by atoms with Gasteiger partial charge in [-0.2, -0.15) is 0 Å². The lowest BCUT2D eigenvalue weighted by atomic mass is 9.78. The minimum Gasteiger partial charge on any atom is -0.496 e. The van der Waals surface area contributed by atoms with E-state index in [1.165, 1.54) is 37.3 Å². The number of hydrogen-bond donors (Lipinski definition) is 2. The van der Waals surface area contributed by atoms with Crippen LogP contribution < -0.4 is 10.1 Å². The Kier molecular flexibility index (Phi) is 8.27. The maximum Gasteiger partial charge on any atom is 0.152 e. The first-order valence-corrected chi connectivity index (χ1v) is 12.1. The van der Waals surface area contributed by atoms with Gasteiger partial charge in [0.15, 0.2) is 6.29 Å². The minimum atomic E-state index is -0.171. The number of pyridine rings is 1. The van der Waals surface area contributed by atoms with E-state index in [1.54, 1.807) is 31.6 Å². The van der Waals surface area contributed by atoms with Gasteiger partial charge in [-0.05, 0) is 87.0 Å². The maximum atomic E-state index is 13.5. The Morgan fingerprint density at radius 1 is 1.09 bits per heavy atom. The van der Waals surface area contributed by atoms with Crippen LogP contribution in [0.5, 0.6) is 5.75 Å². The van der Waals surface area contributed by atoms with Crippen LogP contribution in [0.3, 0.4) is 0 Å². The Hall–Kier alpha value is -3.51. The molecule has 5 nitrogen and oxygen atoms in total. The number of H-pyrrole nitrogens is 1. The van der Waals surface area contributed by atoms with E-state index in [0.29, 0.717) is 11.5 Å². The number of aldehydes is 1. The van der Waals surface area contributed by atoms with Crippen LogP contribution in [0.1, 0.15) is 47.5 Å². The van der Waals surface area contributed by atoms with Crippen molar-refractivity contribution in [3.8, 4) is 16.9 Å². The fourth-order valence-electron chi connectivity index (χ4n) is 5.04. The number of ether oxygens (including phenoxy) is 1. The predicted octanol–water partition coefficient (Wildman–Crippen LogP) is 6.37. The number of nitrogens with one attached hydrogen (secondary N) is 2. The van der Waals surface area contributed by atoms with Crippen LogP contribution in [0, 0.1) is 11.7 Å². The molecular weight excluding hydrogens is 441 g/mol. The summed E-state index contributed by atoms with van der Waals surface area (Å²) >= 11 is 0. The minimum absolute atomic E-state index is 0.171. The summed E-state index contributed by atoms with van der Waals surface area (Å²) in [6.45, 7) is 1.11. The third kappa shape index (κ3) is 5.77. The number of methoxy groups -OCH3 is 1. The monoisotopic (exact) mass is 473 g/mol. The predicted molar refractivity (Wildman–Crippen MR) is 138 cm³/mol. The highest BCUT2D eigenvalue weighted by atomic mass is 19.1. The summed E-state index contributed by atoms with van der Waals surface area (Å²) in [5.41, 5.74) is 4.60. The lowest BCUT2D eigenvalue weighted by Crippen LogP contribution is -2.23. The molecule has 0 unspecified atom stereocenters. The van der Waals surface area contributed by atoms with Gasteiger partial charge in [0, 0.05) is 40.7 Å². The van der Waals surface area contributed by atoms with E-state index in [2.05, 4.69) is 21.4 Å². The number of carbonyl (C=O) groups excluding carboxylic acids is 1. The van der Waals surface area contributed by atoms with Crippen molar-refractivity contribution in [2.75, 3.05) is 20.7 Å². The van der Waals surface area contributed by atoms with Crippen LogP contribution in [-0.2, 0) is 0 Å². The van der Waals surface area contributed by atoms with E-state index in [1.807, 2.05) is 37.5 Å². The molecule has 0 bridgehead atoms. The number of rotatable bonds is 6. The van der Waals surface area contributed by atoms with Gasteiger partial charge in [-0.25, -0.2) is 4.39 Å². The normalized spacial score (nSPS) is 17.5. The number of para-hydroxylation sites is 1. The molecular formula is C29H32FN3O2. The van der Waals surface area contributed by atoms with Gasteiger partial charge in [-0.15, -0.1) is 0 Å². The van der Waals surface area contributed by atoms with Crippen molar-refractivity contribution in [1.82, 2.24) is 15.3 Å². The summed E-state index contributed by atoms with van der Waals surface area (Å²) in [6, 6.07) is 14.6. The zero-order chi connectivity index (χ0) is 24.6. The molecule has 2 heterocycles. The van der Waals surface area contributed by atoms with Gasteiger partial charge in [-0.3, -0.25) is 9.78 Å². The van der Waals surface area contributed by atoms with Crippen LogP contribution in [0.4, 0.5) is 4.39 Å². The molecule has 6 heteroatoms. The van der Waals surface area contributed by atoms with E-state index in [-0.39, 0.29) is 5.82 Å². The fourth-order valence-corrected chi connectivity index (χ4v) is 5.04. The first-order valence-electron chi connectivity index (χ1n) is 12.1. The molecule has 182 valence electrons. The summed E-state index contributed by atoms with van der Waals surface area (Å²) in [4.78, 5) is 18.1. The van der Waals surface area contributed by atoms with Gasteiger partial charge in [-0.1, -0.05) is 18.2 Å². The number of aromatic amines is 1. The number of nitrogens with zero attached hydrogens (tertiary/aromatic N) is 1. The highest BCUT2D eigenvalue weighted by Gasteiger charge is 2.23. The molecule has 5 rings (SSSR count). The highest BCUT2D eigenvalue weighted by Crippen LogP contribution is 2.38. The molecule has 0 radical (unpaired) electrons. The Labute approximate surface area is 205 Å². The number of aromatic nitrogens is 2. The number of fused-ring (bicyclic) bond motifs is 1. The van der Waals surface area contributed by atoms with E-state index < -0.39 is 0 Å². The quantitative estimate of drug-likeness (QED) is 0.319. The molecule has 1 saturated carbocycles. The lowest BCUT2D eigenvalue weighted by molar-refractivity contribution is 0.112. The first-order chi connectivity index (χ1) is 17.1. The summed E-state index contributed by atoms with van der Waals surface area (Å²) in [7, 11) is 3.64. The molecule has 1 aliphatic carbocycles. The average molecular weight is 474 g/mol. The molecule has 0 amide bonds. The second kappa shape index (κ2) is 11.8. The van der Waals surface area contributed by atoms with Crippen molar-refractivity contribution in [1.29, 1.82) is 0 Å². The van der Waals surface area contributed by atoms with Crippen molar-refractivity contribution in [3.63, 3.8) is 0 Å². The van der Waals surface area contributed by atoms with Crippen molar-refractivity contribution in [2.45, 2.75) is 31.6 Å². The Morgan fingerprint density at radius 3 is 2.63 bits per heavy atom. The second-order valence-electron chi connectivity index (χ2n) is 8.98. The van der Waals surface area contributed by atoms with E-state index in [9.17, 15) is 9.18 Å². The Morgan fingerprint density at radius 2 is 1.89 bits per heavy atom. The molecule has 0 atom stereocenters. The summed E-state index contributed by atoms with van der Waals surface area (Å²) in [5, 5.41) is 4.26. The van der Waals surface area contributed by atoms with Crippen LogP contribution in [0.2, 0.25) is 0 Å². The smallest absolute Gasteiger partial charge is 0.152 e. The Balaban J connectivity index is 0.000000172. The van der Waals surface area contributed by atoms with Crippen LogP contribution >= 0.6 is 0 Å². The molecule has 1 fully saturated rings. The second-order valence-corrected chi connectivity index (χ2v) is 8.98. The Bertz CT molecular complexity index is 1260. The molecule has 0 spiro atoms. The van der Waals surface area contributed by atoms with Gasteiger partial charge < -0.3 is 15.0 Å². The summed E-state index contributed by atoms with van der Waals surface area (Å²) < 4.78 is 18.7. The summed E-state index contributed by atoms with van der Waals surface area (Å²) in [6.07, 6.45) is 11.1. The van der Waals surface area contributed by atoms with Gasteiger partial charge >= 0.3 is 0 Å². The van der Waals surface area contributed by atoms with E-state index >= 15 is 0 Å². The SMILES string of the molecule is CNCC1CCC(c2ccnc3ccc(F)cc23)CC1.COc1ccccc1-c1c[nH]cc1C=O. The highest BCUT2D eigenvalue weighted by molar-refractivity contribution is 5.89. The topological polar surface area (TPSA) is 67.0 Å². The number of carbonyl (C=O) groups is 1. The molecule has 0 aliphatic heterocycles. The van der Waals surface area contributed by atoms with Crippen LogP contribution in [0.15, 0.2) is 67.1 Å². The molecule has 2 N–H and O–H groups in total. The molecule has 1 aliphatic rings. The van der Waals surface area contributed by atoms with Crippen LogP contribution in [-0.4, -0.2) is 37.0 Å². The van der Waals surface area contributed by atoms with Gasteiger partial charge in [0.05, 0.1) is 12.6 Å². The maximum absolute atomic E-state index is 13.5. The fraction of sp³-hybridized carbons (Fsp3) is 0.310. The zero-order valence-electron chi connectivity index (χ0n) is 20.3. The molecule has 4 aromatic rings.